The Labute approximate surface area is 106 Å². The maximum absolute atomic E-state index is 4.20. The van der Waals surface area contributed by atoms with Crippen LogP contribution in [0.2, 0.25) is 0 Å². The third kappa shape index (κ3) is 4.47. The Morgan fingerprint density at radius 1 is 1.35 bits per heavy atom. The van der Waals surface area contributed by atoms with Crippen LogP contribution in [0.15, 0.2) is 24.5 Å². The average molecular weight is 234 g/mol. The summed E-state index contributed by atoms with van der Waals surface area (Å²) >= 11 is 0. The predicted octanol–water partition coefficient (Wildman–Crippen LogP) is 3.43. The van der Waals surface area contributed by atoms with Crippen LogP contribution in [0.1, 0.15) is 46.1 Å². The van der Waals surface area contributed by atoms with Crippen molar-refractivity contribution >= 4 is 0 Å². The Bertz CT molecular complexity index is 306. The first-order valence-corrected chi connectivity index (χ1v) is 6.72. The first-order chi connectivity index (χ1) is 8.10. The molecule has 0 saturated heterocycles. The lowest BCUT2D eigenvalue weighted by molar-refractivity contribution is 0.230. The Hall–Kier alpha value is -0.890. The standard InChI is InChI=1S/C15H26N2/c1-5-9-17-14(15(3,4)6-2)11-13-8-7-10-16-12-13/h7-8,10,12,14,17H,5-6,9,11H2,1-4H3. The molecule has 1 unspecified atom stereocenters. The molecule has 1 atom stereocenters. The van der Waals surface area contributed by atoms with Crippen LogP contribution in [0, 0.1) is 5.41 Å². The summed E-state index contributed by atoms with van der Waals surface area (Å²) in [5.74, 6) is 0. The van der Waals surface area contributed by atoms with Crippen LogP contribution in [0.4, 0.5) is 0 Å². The van der Waals surface area contributed by atoms with Gasteiger partial charge in [0.15, 0.2) is 0 Å². The minimum atomic E-state index is 0.324. The zero-order valence-corrected chi connectivity index (χ0v) is 11.7. The summed E-state index contributed by atoms with van der Waals surface area (Å²) in [5.41, 5.74) is 1.65. The highest BCUT2D eigenvalue weighted by Crippen LogP contribution is 2.27. The first-order valence-electron chi connectivity index (χ1n) is 6.72. The van der Waals surface area contributed by atoms with Crippen LogP contribution in [-0.2, 0) is 6.42 Å². The summed E-state index contributed by atoms with van der Waals surface area (Å²) in [4.78, 5) is 4.20. The van der Waals surface area contributed by atoms with E-state index < -0.39 is 0 Å². The van der Waals surface area contributed by atoms with Crippen molar-refractivity contribution in [2.45, 2.75) is 53.0 Å². The molecule has 1 N–H and O–H groups in total. The number of nitrogens with one attached hydrogen (secondary N) is 1. The van der Waals surface area contributed by atoms with E-state index in [0.29, 0.717) is 11.5 Å². The van der Waals surface area contributed by atoms with Crippen molar-refractivity contribution in [1.82, 2.24) is 10.3 Å². The first kappa shape index (κ1) is 14.2. The highest BCUT2D eigenvalue weighted by atomic mass is 14.9. The van der Waals surface area contributed by atoms with E-state index in [0.717, 1.165) is 13.0 Å². The van der Waals surface area contributed by atoms with Crippen LogP contribution in [0.3, 0.4) is 0 Å². The molecule has 2 heteroatoms. The minimum absolute atomic E-state index is 0.324. The van der Waals surface area contributed by atoms with Gasteiger partial charge in [-0.25, -0.2) is 0 Å². The van der Waals surface area contributed by atoms with Gasteiger partial charge in [-0.3, -0.25) is 4.98 Å². The van der Waals surface area contributed by atoms with E-state index >= 15 is 0 Å². The molecule has 1 rings (SSSR count). The summed E-state index contributed by atoms with van der Waals surface area (Å²) in [5, 5.41) is 3.68. The maximum atomic E-state index is 4.20. The summed E-state index contributed by atoms with van der Waals surface area (Å²) in [7, 11) is 0. The molecule has 0 bridgehead atoms. The molecule has 2 nitrogen and oxygen atoms in total. The van der Waals surface area contributed by atoms with Gasteiger partial charge in [0.2, 0.25) is 0 Å². The largest absolute Gasteiger partial charge is 0.313 e. The molecule has 0 radical (unpaired) electrons. The van der Waals surface area contributed by atoms with Crippen molar-refractivity contribution in [2.24, 2.45) is 5.41 Å². The van der Waals surface area contributed by atoms with Crippen LogP contribution >= 0.6 is 0 Å². The lowest BCUT2D eigenvalue weighted by Crippen LogP contribution is -2.43. The van der Waals surface area contributed by atoms with E-state index in [1.54, 1.807) is 0 Å². The summed E-state index contributed by atoms with van der Waals surface area (Å²) in [6, 6.07) is 4.71. The van der Waals surface area contributed by atoms with Gasteiger partial charge in [0.1, 0.15) is 0 Å². The van der Waals surface area contributed by atoms with Gasteiger partial charge in [0.05, 0.1) is 0 Å². The second kappa shape index (κ2) is 6.75. The molecule has 0 amide bonds. The van der Waals surface area contributed by atoms with Gasteiger partial charge in [0.25, 0.3) is 0 Å². The molecule has 1 heterocycles. The third-order valence-electron chi connectivity index (χ3n) is 3.66. The summed E-state index contributed by atoms with van der Waals surface area (Å²) in [6.45, 7) is 10.3. The summed E-state index contributed by atoms with van der Waals surface area (Å²) < 4.78 is 0. The van der Waals surface area contributed by atoms with Gasteiger partial charge in [0, 0.05) is 18.4 Å². The Morgan fingerprint density at radius 3 is 2.65 bits per heavy atom. The van der Waals surface area contributed by atoms with Crippen molar-refractivity contribution in [2.75, 3.05) is 6.54 Å². The average Bonchev–Trinajstić information content (AvgIpc) is 2.35. The van der Waals surface area contributed by atoms with Gasteiger partial charge in [-0.1, -0.05) is 33.8 Å². The smallest absolute Gasteiger partial charge is 0.0300 e. The predicted molar refractivity (Wildman–Crippen MR) is 74.1 cm³/mol. The van der Waals surface area contributed by atoms with E-state index in [1.165, 1.54) is 18.4 Å². The topological polar surface area (TPSA) is 24.9 Å². The fourth-order valence-electron chi connectivity index (χ4n) is 1.94. The zero-order valence-electron chi connectivity index (χ0n) is 11.7. The van der Waals surface area contributed by atoms with E-state index in [1.807, 2.05) is 18.5 Å². The van der Waals surface area contributed by atoms with E-state index in [4.69, 9.17) is 0 Å². The molecule has 0 aliphatic carbocycles. The van der Waals surface area contributed by atoms with E-state index in [-0.39, 0.29) is 0 Å². The fraction of sp³-hybridized carbons (Fsp3) is 0.667. The van der Waals surface area contributed by atoms with Gasteiger partial charge in [-0.2, -0.15) is 0 Å². The molecule has 0 saturated carbocycles. The molecule has 0 aromatic carbocycles. The van der Waals surface area contributed by atoms with E-state index in [9.17, 15) is 0 Å². The zero-order chi connectivity index (χ0) is 12.7. The minimum Gasteiger partial charge on any atom is -0.313 e. The Kier molecular flexibility index (Phi) is 5.63. The van der Waals surface area contributed by atoms with Crippen LogP contribution in [0.25, 0.3) is 0 Å². The number of hydrogen-bond acceptors (Lipinski definition) is 2. The normalized spacial score (nSPS) is 13.6. The lowest BCUT2D eigenvalue weighted by atomic mass is 9.79. The molecule has 0 spiro atoms. The highest BCUT2D eigenvalue weighted by Gasteiger charge is 2.27. The molecule has 1 aromatic rings. The van der Waals surface area contributed by atoms with Gasteiger partial charge >= 0.3 is 0 Å². The molecular weight excluding hydrogens is 208 g/mol. The van der Waals surface area contributed by atoms with Crippen molar-refractivity contribution < 1.29 is 0 Å². The molecule has 0 fully saturated rings. The van der Waals surface area contributed by atoms with Crippen LogP contribution < -0.4 is 5.32 Å². The monoisotopic (exact) mass is 234 g/mol. The third-order valence-corrected chi connectivity index (χ3v) is 3.66. The SMILES string of the molecule is CCCNC(Cc1cccnc1)C(C)(C)CC. The fourth-order valence-corrected chi connectivity index (χ4v) is 1.94. The number of nitrogens with zero attached hydrogens (tertiary/aromatic N) is 1. The highest BCUT2D eigenvalue weighted by molar-refractivity contribution is 5.11. The molecule has 1 aromatic heterocycles. The van der Waals surface area contributed by atoms with Gasteiger partial charge < -0.3 is 5.32 Å². The second-order valence-electron chi connectivity index (χ2n) is 5.41. The number of aromatic nitrogens is 1. The van der Waals surface area contributed by atoms with Crippen LogP contribution in [-0.4, -0.2) is 17.6 Å². The molecular formula is C15H26N2. The molecule has 96 valence electrons. The summed E-state index contributed by atoms with van der Waals surface area (Å²) in [6.07, 6.45) is 7.25. The number of rotatable bonds is 7. The number of hydrogen-bond donors (Lipinski definition) is 1. The van der Waals surface area contributed by atoms with Gasteiger partial charge in [-0.15, -0.1) is 0 Å². The quantitative estimate of drug-likeness (QED) is 0.782. The second-order valence-corrected chi connectivity index (χ2v) is 5.41. The van der Waals surface area contributed by atoms with Crippen molar-refractivity contribution in [3.8, 4) is 0 Å². The number of pyridine rings is 1. The van der Waals surface area contributed by atoms with Gasteiger partial charge in [-0.05, 0) is 42.9 Å². The van der Waals surface area contributed by atoms with Crippen molar-refractivity contribution in [3.05, 3.63) is 30.1 Å². The van der Waals surface area contributed by atoms with Crippen molar-refractivity contribution in [3.63, 3.8) is 0 Å². The Morgan fingerprint density at radius 2 is 2.12 bits per heavy atom. The molecule has 0 aliphatic rings. The van der Waals surface area contributed by atoms with Crippen LogP contribution in [0.5, 0.6) is 0 Å². The molecule has 17 heavy (non-hydrogen) atoms. The van der Waals surface area contributed by atoms with Crippen molar-refractivity contribution in [1.29, 1.82) is 0 Å². The maximum Gasteiger partial charge on any atom is 0.0300 e. The lowest BCUT2D eigenvalue weighted by Gasteiger charge is -2.34. The Balaban J connectivity index is 2.70. The molecule has 0 aliphatic heterocycles. The van der Waals surface area contributed by atoms with E-state index in [2.05, 4.69) is 44.1 Å².